The van der Waals surface area contributed by atoms with Gasteiger partial charge >= 0.3 is 6.61 Å². The molecular weight excluding hydrogens is 524 g/mol. The number of aromatic nitrogens is 1. The summed E-state index contributed by atoms with van der Waals surface area (Å²) in [5.41, 5.74) is 5.41. The van der Waals surface area contributed by atoms with Gasteiger partial charge in [0.05, 0.1) is 0 Å². The molecule has 1 aliphatic heterocycles. The van der Waals surface area contributed by atoms with Crippen molar-refractivity contribution in [3.05, 3.63) is 94.2 Å². The largest absolute Gasteiger partial charge is 0.772 e. The number of ether oxygens (including phenoxy) is 1. The third-order valence-corrected chi connectivity index (χ3v) is 7.85. The number of nitrogens with zero attached hydrogens (tertiary/aromatic N) is 2. The fourth-order valence-corrected chi connectivity index (χ4v) is 5.39. The Kier molecular flexibility index (Phi) is 9.42. The summed E-state index contributed by atoms with van der Waals surface area (Å²) in [6.45, 7) is 4.78. The minimum absolute atomic E-state index is 0.104. The van der Waals surface area contributed by atoms with Gasteiger partial charge in [0.2, 0.25) is 5.88 Å². The van der Waals surface area contributed by atoms with Gasteiger partial charge in [-0.15, -0.1) is 0 Å². The van der Waals surface area contributed by atoms with Crippen LogP contribution in [-0.4, -0.2) is 37.7 Å². The molecule has 1 aliphatic rings. The molecule has 208 valence electrons. The Labute approximate surface area is 229 Å². The number of carbonyl (C=O) groups is 1. The van der Waals surface area contributed by atoms with Gasteiger partial charge in [0.1, 0.15) is 0 Å². The van der Waals surface area contributed by atoms with Crippen molar-refractivity contribution in [2.75, 3.05) is 6.54 Å². The van der Waals surface area contributed by atoms with E-state index in [9.17, 15) is 22.3 Å². The van der Waals surface area contributed by atoms with Crippen LogP contribution in [0.15, 0.2) is 60.8 Å². The summed E-state index contributed by atoms with van der Waals surface area (Å²) in [7, 11) is 0. The van der Waals surface area contributed by atoms with Gasteiger partial charge in [-0.1, -0.05) is 50.2 Å². The minimum Gasteiger partial charge on any atom is -0.772 e. The van der Waals surface area contributed by atoms with E-state index in [1.54, 1.807) is 31.3 Å². The Morgan fingerprint density at radius 2 is 1.85 bits per heavy atom. The van der Waals surface area contributed by atoms with Crippen molar-refractivity contribution < 1.29 is 27.1 Å². The molecule has 0 radical (unpaired) electrons. The van der Waals surface area contributed by atoms with E-state index in [-0.39, 0.29) is 17.8 Å². The van der Waals surface area contributed by atoms with Crippen LogP contribution in [-0.2, 0) is 30.6 Å². The fraction of sp³-hybridized carbons (Fsp3) is 0.379. The number of alkyl halides is 2. The topological polar surface area (TPSA) is 94.6 Å². The lowest BCUT2D eigenvalue weighted by atomic mass is 9.85. The van der Waals surface area contributed by atoms with Crippen LogP contribution in [0, 0.1) is 5.92 Å². The molecule has 0 aliphatic carbocycles. The van der Waals surface area contributed by atoms with E-state index in [0.29, 0.717) is 30.1 Å². The molecule has 1 N–H and O–H groups in total. The van der Waals surface area contributed by atoms with Gasteiger partial charge in [0.25, 0.3) is 5.91 Å². The zero-order valence-electron chi connectivity index (χ0n) is 22.1. The number of benzene rings is 2. The van der Waals surface area contributed by atoms with E-state index < -0.39 is 22.9 Å². The first kappa shape index (κ1) is 28.8. The molecule has 2 aromatic carbocycles. The number of fused-ring (bicyclic) bond motifs is 1. The number of amides is 1. The molecule has 0 spiro atoms. The van der Waals surface area contributed by atoms with Crippen LogP contribution >= 0.6 is 0 Å². The van der Waals surface area contributed by atoms with Crippen molar-refractivity contribution in [3.63, 3.8) is 0 Å². The molecule has 2 heterocycles. The zero-order chi connectivity index (χ0) is 28.1. The molecule has 0 bridgehead atoms. The van der Waals surface area contributed by atoms with Crippen molar-refractivity contribution in [1.29, 1.82) is 0 Å². The highest BCUT2D eigenvalue weighted by atomic mass is 32.2. The zero-order valence-corrected chi connectivity index (χ0v) is 22.9. The molecule has 0 saturated heterocycles. The van der Waals surface area contributed by atoms with E-state index in [2.05, 4.69) is 33.8 Å². The number of pyridine rings is 1. The number of hydrogen-bond acceptors (Lipinski definition) is 6. The second-order valence-corrected chi connectivity index (χ2v) is 11.3. The highest BCUT2D eigenvalue weighted by Crippen LogP contribution is 2.36. The second-order valence-electron chi connectivity index (χ2n) is 10.0. The standard InChI is InChI=1S/C29H33F2N3O4S/c1-18(2)27-25-10-9-24(28(35)33-15-20-4-7-22(8-5-20)19(3)39(36)37)14-23(25)12-13-34(27)17-21-6-11-26(32-16-21)38-29(30)31/h4-11,14,16,18-19,27,29H,12-13,15,17H2,1-3H3,(H,33,35)(H,36,37)/p-1/t19?,27-/m0/s1. The van der Waals surface area contributed by atoms with E-state index in [1.807, 2.05) is 30.3 Å². The third kappa shape index (κ3) is 7.26. The van der Waals surface area contributed by atoms with Gasteiger partial charge in [-0.25, -0.2) is 4.98 Å². The van der Waals surface area contributed by atoms with Gasteiger partial charge in [-0.3, -0.25) is 13.9 Å². The summed E-state index contributed by atoms with van der Waals surface area (Å²) >= 11 is -2.18. The molecule has 0 saturated carbocycles. The van der Waals surface area contributed by atoms with Crippen LogP contribution in [0.3, 0.4) is 0 Å². The van der Waals surface area contributed by atoms with E-state index in [1.165, 1.54) is 11.6 Å². The first-order valence-electron chi connectivity index (χ1n) is 12.8. The van der Waals surface area contributed by atoms with Crippen LogP contribution in [0.5, 0.6) is 5.88 Å². The molecule has 0 fully saturated rings. The van der Waals surface area contributed by atoms with Crippen LogP contribution in [0.2, 0.25) is 0 Å². The van der Waals surface area contributed by atoms with Crippen molar-refractivity contribution in [2.24, 2.45) is 5.92 Å². The van der Waals surface area contributed by atoms with Gasteiger partial charge in [0, 0.05) is 48.8 Å². The molecular formula is C29H32F2N3O4S-. The number of halogens is 2. The fourth-order valence-electron chi connectivity index (χ4n) is 5.01. The molecule has 4 rings (SSSR count). The quantitative estimate of drug-likeness (QED) is 0.340. The molecule has 2 unspecified atom stereocenters. The first-order valence-corrected chi connectivity index (χ1v) is 14.0. The predicted molar refractivity (Wildman–Crippen MR) is 144 cm³/mol. The maximum absolute atomic E-state index is 12.9. The Bertz CT molecular complexity index is 1300. The molecule has 3 aromatic rings. The van der Waals surface area contributed by atoms with Crippen molar-refractivity contribution in [3.8, 4) is 5.88 Å². The maximum atomic E-state index is 12.9. The summed E-state index contributed by atoms with van der Waals surface area (Å²) < 4.78 is 51.5. The van der Waals surface area contributed by atoms with E-state index in [0.717, 1.165) is 29.7 Å². The highest BCUT2D eigenvalue weighted by molar-refractivity contribution is 7.79. The van der Waals surface area contributed by atoms with Gasteiger partial charge in [-0.05, 0) is 70.3 Å². The summed E-state index contributed by atoms with van der Waals surface area (Å²) in [5, 5.41) is 2.37. The summed E-state index contributed by atoms with van der Waals surface area (Å²) in [6.07, 6.45) is 2.34. The summed E-state index contributed by atoms with van der Waals surface area (Å²) in [5.74, 6) is 0.0342. The van der Waals surface area contributed by atoms with Crippen molar-refractivity contribution >= 4 is 17.0 Å². The highest BCUT2D eigenvalue weighted by Gasteiger charge is 2.30. The first-order chi connectivity index (χ1) is 18.6. The Hall–Kier alpha value is -3.21. The van der Waals surface area contributed by atoms with Crippen molar-refractivity contribution in [1.82, 2.24) is 15.2 Å². The van der Waals surface area contributed by atoms with Crippen LogP contribution in [0.4, 0.5) is 8.78 Å². The average Bonchev–Trinajstić information content (AvgIpc) is 2.91. The van der Waals surface area contributed by atoms with Crippen molar-refractivity contribution in [2.45, 2.75) is 58.2 Å². The molecule has 1 amide bonds. The van der Waals surface area contributed by atoms with Crippen LogP contribution in [0.25, 0.3) is 0 Å². The summed E-state index contributed by atoms with van der Waals surface area (Å²) in [6, 6.07) is 16.3. The summed E-state index contributed by atoms with van der Waals surface area (Å²) in [4.78, 5) is 19.3. The van der Waals surface area contributed by atoms with Gasteiger partial charge < -0.3 is 14.6 Å². The Morgan fingerprint density at radius 3 is 2.46 bits per heavy atom. The monoisotopic (exact) mass is 556 g/mol. The molecule has 1 aromatic heterocycles. The van der Waals surface area contributed by atoms with Crippen LogP contribution in [0.1, 0.15) is 70.2 Å². The SMILES string of the molecule is CC(C)[C@H]1c2ccc(C(=O)NCc3ccc(C(C)S(=O)[O-])cc3)cc2CCN1Cc1ccc(OC(F)F)nc1. The number of carbonyl (C=O) groups excluding carboxylic acids is 1. The minimum atomic E-state index is -2.90. The number of hydrogen-bond donors (Lipinski definition) is 1. The lowest BCUT2D eigenvalue weighted by molar-refractivity contribution is -0.0528. The lowest BCUT2D eigenvalue weighted by Gasteiger charge is -2.40. The molecule has 39 heavy (non-hydrogen) atoms. The smallest absolute Gasteiger partial charge is 0.388 e. The lowest BCUT2D eigenvalue weighted by Crippen LogP contribution is -2.38. The maximum Gasteiger partial charge on any atom is 0.388 e. The Morgan fingerprint density at radius 1 is 1.13 bits per heavy atom. The van der Waals surface area contributed by atoms with Gasteiger partial charge in [-0.2, -0.15) is 8.78 Å². The van der Waals surface area contributed by atoms with E-state index in [4.69, 9.17) is 0 Å². The number of nitrogens with one attached hydrogen (secondary N) is 1. The van der Waals surface area contributed by atoms with E-state index >= 15 is 0 Å². The average molecular weight is 557 g/mol. The van der Waals surface area contributed by atoms with Gasteiger partial charge in [0.15, 0.2) is 0 Å². The van der Waals surface area contributed by atoms with Crippen LogP contribution < -0.4 is 10.1 Å². The molecule has 10 heteroatoms. The number of rotatable bonds is 10. The molecule has 7 nitrogen and oxygen atoms in total. The Balaban J connectivity index is 1.41. The third-order valence-electron chi connectivity index (χ3n) is 7.00. The normalized spacial score (nSPS) is 17.1. The predicted octanol–water partition coefficient (Wildman–Crippen LogP) is 5.31. The second kappa shape index (κ2) is 12.8. The molecule has 3 atom stereocenters.